The summed E-state index contributed by atoms with van der Waals surface area (Å²) in [5, 5.41) is 38.8. The number of esters is 1. The van der Waals surface area contributed by atoms with Crippen molar-refractivity contribution in [3.8, 4) is 0 Å². The molecule has 0 bridgehead atoms. The molecule has 1 atom stereocenters. The zero-order valence-corrected chi connectivity index (χ0v) is 29.7. The minimum absolute atomic E-state index is 0.143. The van der Waals surface area contributed by atoms with Crippen molar-refractivity contribution >= 4 is 23.9 Å². The number of carboxylic acids is 3. The number of hydrogen-bond donors (Lipinski definition) is 4. The van der Waals surface area contributed by atoms with Gasteiger partial charge in [-0.05, 0) is 6.42 Å². The van der Waals surface area contributed by atoms with Crippen LogP contribution in [-0.4, -0.2) is 155 Å². The van der Waals surface area contributed by atoms with E-state index in [9.17, 15) is 39.6 Å². The summed E-state index contributed by atoms with van der Waals surface area (Å²) in [6.45, 7) is 4.45. The fourth-order valence-corrected chi connectivity index (χ4v) is 6.06. The third-order valence-corrected chi connectivity index (χ3v) is 8.90. The first-order valence-electron chi connectivity index (χ1n) is 18.5. The first-order valence-corrected chi connectivity index (χ1v) is 18.5. The summed E-state index contributed by atoms with van der Waals surface area (Å²) >= 11 is 0. The van der Waals surface area contributed by atoms with Crippen LogP contribution in [0.1, 0.15) is 110 Å². The molecule has 0 aromatic heterocycles. The molecule has 0 amide bonds. The molecule has 1 saturated heterocycles. The van der Waals surface area contributed by atoms with Crippen LogP contribution in [-0.2, 0) is 23.9 Å². The van der Waals surface area contributed by atoms with E-state index in [1.54, 1.807) is 14.7 Å². The summed E-state index contributed by atoms with van der Waals surface area (Å²) in [5.74, 6) is -3.32. The minimum Gasteiger partial charge on any atom is -0.480 e. The Morgan fingerprint density at radius 3 is 1.17 bits per heavy atom. The SMILES string of the molecule is CCCCCCCCCCCCCCCCCC(=O)OCC(O)CN1CCN(CC(=O)O)CCN(CC(=O)O)CCN(CC(=O)O)CC1. The number of aliphatic hydroxyl groups excluding tert-OH is 1. The molecule has 13 nitrogen and oxygen atoms in total. The predicted molar refractivity (Wildman–Crippen MR) is 185 cm³/mol. The van der Waals surface area contributed by atoms with Crippen LogP contribution in [0.25, 0.3) is 0 Å². The van der Waals surface area contributed by atoms with E-state index >= 15 is 0 Å². The van der Waals surface area contributed by atoms with Gasteiger partial charge in [0.15, 0.2) is 0 Å². The maximum absolute atomic E-state index is 12.3. The van der Waals surface area contributed by atoms with E-state index in [-0.39, 0.29) is 38.8 Å². The lowest BCUT2D eigenvalue weighted by Crippen LogP contribution is -2.49. The van der Waals surface area contributed by atoms with E-state index in [0.29, 0.717) is 58.8 Å². The normalized spacial score (nSPS) is 17.0. The van der Waals surface area contributed by atoms with E-state index in [1.165, 1.54) is 77.0 Å². The van der Waals surface area contributed by atoms with Crippen molar-refractivity contribution in [1.29, 1.82) is 0 Å². The van der Waals surface area contributed by atoms with Gasteiger partial charge in [0, 0.05) is 65.3 Å². The number of ether oxygens (including phenoxy) is 1. The van der Waals surface area contributed by atoms with Gasteiger partial charge in [0.05, 0.1) is 19.6 Å². The van der Waals surface area contributed by atoms with Crippen LogP contribution >= 0.6 is 0 Å². The molecule has 0 radical (unpaired) electrons. The first-order chi connectivity index (χ1) is 23.1. The third-order valence-electron chi connectivity index (χ3n) is 8.90. The second kappa shape index (κ2) is 28.5. The van der Waals surface area contributed by atoms with Gasteiger partial charge in [-0.2, -0.15) is 0 Å². The van der Waals surface area contributed by atoms with Gasteiger partial charge in [-0.3, -0.25) is 38.8 Å². The quantitative estimate of drug-likeness (QED) is 0.0769. The van der Waals surface area contributed by atoms with Crippen molar-refractivity contribution < 1.29 is 44.3 Å². The summed E-state index contributed by atoms with van der Waals surface area (Å²) in [6.07, 6.45) is 18.1. The molecule has 4 N–H and O–H groups in total. The van der Waals surface area contributed by atoms with Gasteiger partial charge in [0.1, 0.15) is 12.7 Å². The number of aliphatic carboxylic acids is 3. The lowest BCUT2D eigenvalue weighted by molar-refractivity contribution is -0.147. The van der Waals surface area contributed by atoms with E-state index in [0.717, 1.165) is 19.3 Å². The van der Waals surface area contributed by atoms with Crippen LogP contribution in [0.3, 0.4) is 0 Å². The number of nitrogens with zero attached hydrogens (tertiary/aromatic N) is 4. The molecule has 0 saturated carbocycles. The molecule has 0 aromatic carbocycles. The van der Waals surface area contributed by atoms with Crippen LogP contribution in [0.15, 0.2) is 0 Å². The molecule has 1 aliphatic rings. The highest BCUT2D eigenvalue weighted by Gasteiger charge is 2.21. The lowest BCUT2D eigenvalue weighted by atomic mass is 10.0. The second-order valence-corrected chi connectivity index (χ2v) is 13.3. The van der Waals surface area contributed by atoms with Gasteiger partial charge in [0.2, 0.25) is 0 Å². The van der Waals surface area contributed by atoms with Crippen molar-refractivity contribution in [2.24, 2.45) is 0 Å². The van der Waals surface area contributed by atoms with Gasteiger partial charge in [0.25, 0.3) is 0 Å². The molecular formula is C35H66N4O9. The maximum atomic E-state index is 12.3. The maximum Gasteiger partial charge on any atom is 0.317 e. The van der Waals surface area contributed by atoms with Crippen LogP contribution < -0.4 is 0 Å². The zero-order valence-electron chi connectivity index (χ0n) is 29.7. The Balaban J connectivity index is 2.38. The number of carbonyl (C=O) groups is 4. The number of aliphatic hydroxyl groups is 1. The highest BCUT2D eigenvalue weighted by atomic mass is 16.5. The van der Waals surface area contributed by atoms with Crippen LogP contribution in [0.2, 0.25) is 0 Å². The van der Waals surface area contributed by atoms with E-state index < -0.39 is 24.0 Å². The molecule has 0 aliphatic carbocycles. The average Bonchev–Trinajstić information content (AvgIpc) is 3.02. The average molecular weight is 687 g/mol. The number of carboxylic acid groups (broad SMARTS) is 3. The Morgan fingerprint density at radius 1 is 0.521 bits per heavy atom. The first kappa shape index (κ1) is 43.7. The van der Waals surface area contributed by atoms with E-state index in [2.05, 4.69) is 6.92 Å². The smallest absolute Gasteiger partial charge is 0.317 e. The van der Waals surface area contributed by atoms with Crippen molar-refractivity contribution in [2.75, 3.05) is 85.1 Å². The van der Waals surface area contributed by atoms with Crippen molar-refractivity contribution in [1.82, 2.24) is 19.6 Å². The summed E-state index contributed by atoms with van der Waals surface area (Å²) < 4.78 is 5.35. The number of hydrogen-bond acceptors (Lipinski definition) is 10. The number of β-amino-alcohol motifs (C(OH)–C–C–N with tert-alkyl or cyclic N) is 1. The Hall–Kier alpha value is -2.32. The van der Waals surface area contributed by atoms with Crippen molar-refractivity contribution in [3.63, 3.8) is 0 Å². The Morgan fingerprint density at radius 2 is 0.833 bits per heavy atom. The fraction of sp³-hybridized carbons (Fsp3) is 0.886. The monoisotopic (exact) mass is 686 g/mol. The minimum atomic E-state index is -1.01. The summed E-state index contributed by atoms with van der Waals surface area (Å²) in [4.78, 5) is 53.6. The molecule has 0 aromatic rings. The van der Waals surface area contributed by atoms with E-state index in [4.69, 9.17) is 4.74 Å². The lowest BCUT2D eigenvalue weighted by Gasteiger charge is -2.33. The molecule has 48 heavy (non-hydrogen) atoms. The molecule has 0 spiro atoms. The molecular weight excluding hydrogens is 620 g/mol. The summed E-state index contributed by atoms with van der Waals surface area (Å²) in [5.41, 5.74) is 0. The highest BCUT2D eigenvalue weighted by molar-refractivity contribution is 5.70. The van der Waals surface area contributed by atoms with Gasteiger partial charge >= 0.3 is 23.9 Å². The molecule has 280 valence electrons. The van der Waals surface area contributed by atoms with Crippen LogP contribution in [0.4, 0.5) is 0 Å². The predicted octanol–water partition coefficient (Wildman–Crippen LogP) is 3.63. The van der Waals surface area contributed by atoms with Gasteiger partial charge in [-0.15, -0.1) is 0 Å². The Labute approximate surface area is 288 Å². The third kappa shape index (κ3) is 25.7. The number of carbonyl (C=O) groups excluding carboxylic acids is 1. The van der Waals surface area contributed by atoms with Crippen LogP contribution in [0.5, 0.6) is 0 Å². The number of unbranched alkanes of at least 4 members (excludes halogenated alkanes) is 14. The Bertz CT molecular complexity index is 847. The van der Waals surface area contributed by atoms with Crippen molar-refractivity contribution in [3.05, 3.63) is 0 Å². The molecule has 1 unspecified atom stereocenters. The molecule has 1 heterocycles. The molecule has 13 heteroatoms. The largest absolute Gasteiger partial charge is 0.480 e. The summed E-state index contributed by atoms with van der Waals surface area (Å²) in [6, 6.07) is 0. The fourth-order valence-electron chi connectivity index (χ4n) is 6.06. The summed E-state index contributed by atoms with van der Waals surface area (Å²) in [7, 11) is 0. The van der Waals surface area contributed by atoms with Gasteiger partial charge in [-0.1, -0.05) is 96.8 Å². The number of rotatable bonds is 26. The Kier molecular flexibility index (Phi) is 26.0. The zero-order chi connectivity index (χ0) is 35.4. The standard InChI is InChI=1S/C35H66N4O9/c1-2-3-4-5-6-7-8-9-10-11-12-13-14-15-16-17-35(47)48-30-31(40)26-36-18-20-37(27-32(41)42)22-24-39(29-34(45)46)25-23-38(21-19-36)28-33(43)44/h31,40H,2-30H2,1H3,(H,41,42)(H,43,44)(H,45,46). The highest BCUT2D eigenvalue weighted by Crippen LogP contribution is 2.14. The second-order valence-electron chi connectivity index (χ2n) is 13.3. The van der Waals surface area contributed by atoms with Gasteiger partial charge < -0.3 is 25.2 Å². The topological polar surface area (TPSA) is 171 Å². The van der Waals surface area contributed by atoms with Crippen LogP contribution in [0, 0.1) is 0 Å². The molecule has 1 rings (SSSR count). The molecule has 1 aliphatic heterocycles. The molecule has 1 fully saturated rings. The van der Waals surface area contributed by atoms with E-state index in [1.807, 2.05) is 4.90 Å². The van der Waals surface area contributed by atoms with Gasteiger partial charge in [-0.25, -0.2) is 0 Å². The van der Waals surface area contributed by atoms with Crippen molar-refractivity contribution in [2.45, 2.75) is 116 Å².